The zero-order valence-corrected chi connectivity index (χ0v) is 19.9. The highest BCUT2D eigenvalue weighted by molar-refractivity contribution is 6.02. The molecule has 7 heteroatoms. The summed E-state index contributed by atoms with van der Waals surface area (Å²) in [5.74, 6) is 1.74. The van der Waals surface area contributed by atoms with E-state index in [1.807, 2.05) is 22.8 Å². The fourth-order valence-electron chi connectivity index (χ4n) is 5.09. The van der Waals surface area contributed by atoms with E-state index in [-0.39, 0.29) is 11.7 Å². The summed E-state index contributed by atoms with van der Waals surface area (Å²) in [6.45, 7) is 6.33. The van der Waals surface area contributed by atoms with Crippen LogP contribution in [0, 0.1) is 5.82 Å². The molecule has 35 heavy (non-hydrogen) atoms. The van der Waals surface area contributed by atoms with Crippen molar-refractivity contribution in [3.05, 3.63) is 88.8 Å². The Labute approximate surface area is 203 Å². The Bertz CT molecular complexity index is 1490. The SMILES string of the molecule is CC(C)c1ccc2cc(C(=O)NC3=CCn4c3nc3c4NCCC3)n(Cc3cccc(F)c3)c2c1. The van der Waals surface area contributed by atoms with E-state index < -0.39 is 0 Å². The standard InChI is InChI=1S/C28H28FN5O/c1-17(2)19-8-9-20-15-25(34(24(20)14-19)16-18-5-3-6-21(29)13-18)28(35)32-23-10-12-33-26-22(31-27(23)33)7-4-11-30-26/h3,5-6,8-10,13-15,17,30H,4,7,11-12,16H2,1-2H3,(H,32,35). The van der Waals surface area contributed by atoms with Crippen LogP contribution in [0.5, 0.6) is 0 Å². The van der Waals surface area contributed by atoms with Gasteiger partial charge in [-0.25, -0.2) is 9.37 Å². The molecular formula is C28H28FN5O. The van der Waals surface area contributed by atoms with Gasteiger partial charge in [-0.2, -0.15) is 0 Å². The normalized spacial score (nSPS) is 14.6. The molecule has 2 aromatic carbocycles. The molecule has 2 N–H and O–H groups in total. The first-order valence-corrected chi connectivity index (χ1v) is 12.2. The van der Waals surface area contributed by atoms with Gasteiger partial charge in [0.1, 0.15) is 17.3 Å². The van der Waals surface area contributed by atoms with Gasteiger partial charge in [-0.05, 0) is 60.2 Å². The Morgan fingerprint density at radius 2 is 2.09 bits per heavy atom. The number of allylic oxidation sites excluding steroid dienone is 1. The van der Waals surface area contributed by atoms with Crippen molar-refractivity contribution in [2.75, 3.05) is 11.9 Å². The number of benzene rings is 2. The topological polar surface area (TPSA) is 63.9 Å². The first kappa shape index (κ1) is 21.6. The van der Waals surface area contributed by atoms with Gasteiger partial charge in [-0.1, -0.05) is 38.1 Å². The molecular weight excluding hydrogens is 441 g/mol. The van der Waals surface area contributed by atoms with Crippen LogP contribution >= 0.6 is 0 Å². The minimum Gasteiger partial charge on any atom is -0.370 e. The van der Waals surface area contributed by atoms with Crippen LogP contribution in [0.15, 0.2) is 54.6 Å². The zero-order valence-electron chi connectivity index (χ0n) is 19.9. The molecule has 0 unspecified atom stereocenters. The Morgan fingerprint density at radius 3 is 2.91 bits per heavy atom. The average molecular weight is 470 g/mol. The highest BCUT2D eigenvalue weighted by atomic mass is 19.1. The Hall–Kier alpha value is -3.87. The van der Waals surface area contributed by atoms with Gasteiger partial charge in [0.05, 0.1) is 11.4 Å². The minimum atomic E-state index is -0.284. The smallest absolute Gasteiger partial charge is 0.272 e. The molecule has 4 aromatic rings. The second kappa shape index (κ2) is 8.41. The predicted molar refractivity (Wildman–Crippen MR) is 136 cm³/mol. The number of anilines is 1. The van der Waals surface area contributed by atoms with Gasteiger partial charge in [-0.3, -0.25) is 4.79 Å². The molecule has 178 valence electrons. The third-order valence-corrected chi connectivity index (χ3v) is 6.95. The zero-order chi connectivity index (χ0) is 24.1. The van der Waals surface area contributed by atoms with Crippen LogP contribution in [-0.2, 0) is 19.5 Å². The van der Waals surface area contributed by atoms with Crippen molar-refractivity contribution in [2.24, 2.45) is 0 Å². The maximum Gasteiger partial charge on any atom is 0.272 e. The van der Waals surface area contributed by atoms with Crippen LogP contribution < -0.4 is 10.6 Å². The summed E-state index contributed by atoms with van der Waals surface area (Å²) < 4.78 is 18.0. The lowest BCUT2D eigenvalue weighted by atomic mass is 10.0. The first-order valence-electron chi connectivity index (χ1n) is 12.2. The molecule has 0 spiro atoms. The largest absolute Gasteiger partial charge is 0.370 e. The average Bonchev–Trinajstić information content (AvgIpc) is 3.51. The molecule has 0 aliphatic carbocycles. The molecule has 6 rings (SSSR count). The molecule has 4 heterocycles. The van der Waals surface area contributed by atoms with Crippen LogP contribution in [0.1, 0.15) is 59.3 Å². The molecule has 1 amide bonds. The summed E-state index contributed by atoms with van der Waals surface area (Å²) >= 11 is 0. The summed E-state index contributed by atoms with van der Waals surface area (Å²) in [5.41, 5.74) is 5.30. The number of halogens is 1. The third kappa shape index (κ3) is 3.81. The number of imidazole rings is 1. The van der Waals surface area contributed by atoms with Gasteiger partial charge in [0, 0.05) is 30.5 Å². The van der Waals surface area contributed by atoms with Gasteiger partial charge in [-0.15, -0.1) is 0 Å². The van der Waals surface area contributed by atoms with E-state index in [4.69, 9.17) is 4.98 Å². The molecule has 2 aliphatic heterocycles. The van der Waals surface area contributed by atoms with Crippen molar-refractivity contribution in [3.63, 3.8) is 0 Å². The fourth-order valence-corrected chi connectivity index (χ4v) is 5.09. The summed E-state index contributed by atoms with van der Waals surface area (Å²) in [6.07, 6.45) is 4.02. The number of aryl methyl sites for hydroxylation is 1. The van der Waals surface area contributed by atoms with E-state index in [0.29, 0.717) is 24.7 Å². The molecule has 0 bridgehead atoms. The Balaban J connectivity index is 1.37. The van der Waals surface area contributed by atoms with Crippen LogP contribution in [0.4, 0.5) is 10.2 Å². The van der Waals surface area contributed by atoms with Gasteiger partial charge in [0.15, 0.2) is 5.82 Å². The molecule has 2 aliphatic rings. The Morgan fingerprint density at radius 1 is 1.20 bits per heavy atom. The second-order valence-corrected chi connectivity index (χ2v) is 9.66. The molecule has 0 atom stereocenters. The van der Waals surface area contributed by atoms with Crippen molar-refractivity contribution in [3.8, 4) is 0 Å². The van der Waals surface area contributed by atoms with Gasteiger partial charge >= 0.3 is 0 Å². The van der Waals surface area contributed by atoms with E-state index >= 15 is 0 Å². The maximum atomic E-state index is 13.9. The van der Waals surface area contributed by atoms with Crippen LogP contribution in [0.3, 0.4) is 0 Å². The summed E-state index contributed by atoms with van der Waals surface area (Å²) in [4.78, 5) is 18.4. The summed E-state index contributed by atoms with van der Waals surface area (Å²) in [7, 11) is 0. The number of nitrogens with one attached hydrogen (secondary N) is 2. The van der Waals surface area contributed by atoms with Crippen molar-refractivity contribution in [1.82, 2.24) is 19.4 Å². The van der Waals surface area contributed by atoms with E-state index in [1.54, 1.807) is 6.07 Å². The third-order valence-electron chi connectivity index (χ3n) is 6.95. The van der Waals surface area contributed by atoms with Gasteiger partial charge < -0.3 is 19.8 Å². The van der Waals surface area contributed by atoms with Crippen molar-refractivity contribution in [1.29, 1.82) is 0 Å². The number of carbonyl (C=O) groups excluding carboxylic acids is 1. The van der Waals surface area contributed by atoms with Gasteiger partial charge in [0.2, 0.25) is 0 Å². The minimum absolute atomic E-state index is 0.197. The van der Waals surface area contributed by atoms with Gasteiger partial charge in [0.25, 0.3) is 5.91 Å². The number of aromatic nitrogens is 3. The number of hydrogen-bond donors (Lipinski definition) is 2. The number of amides is 1. The lowest BCUT2D eigenvalue weighted by Gasteiger charge is -2.14. The number of nitrogens with zero attached hydrogens (tertiary/aromatic N) is 3. The van der Waals surface area contributed by atoms with Crippen molar-refractivity contribution < 1.29 is 9.18 Å². The number of rotatable bonds is 5. The van der Waals surface area contributed by atoms with E-state index in [2.05, 4.69) is 47.2 Å². The fraction of sp³-hybridized carbons (Fsp3) is 0.286. The molecule has 0 saturated heterocycles. The van der Waals surface area contributed by atoms with Crippen LogP contribution in [0.25, 0.3) is 16.6 Å². The van der Waals surface area contributed by atoms with E-state index in [1.165, 1.54) is 17.7 Å². The number of carbonyl (C=O) groups is 1. The molecule has 0 fully saturated rings. The number of fused-ring (bicyclic) bond motifs is 4. The van der Waals surface area contributed by atoms with Crippen molar-refractivity contribution >= 4 is 28.3 Å². The molecule has 2 aromatic heterocycles. The summed E-state index contributed by atoms with van der Waals surface area (Å²) in [5, 5.41) is 7.54. The number of hydrogen-bond acceptors (Lipinski definition) is 3. The van der Waals surface area contributed by atoms with E-state index in [9.17, 15) is 9.18 Å². The second-order valence-electron chi connectivity index (χ2n) is 9.66. The lowest BCUT2D eigenvalue weighted by molar-refractivity contribution is 0.0965. The summed E-state index contributed by atoms with van der Waals surface area (Å²) in [6, 6.07) is 14.8. The quantitative estimate of drug-likeness (QED) is 0.417. The van der Waals surface area contributed by atoms with Crippen LogP contribution in [0.2, 0.25) is 0 Å². The van der Waals surface area contributed by atoms with Crippen LogP contribution in [-0.4, -0.2) is 26.6 Å². The Kier molecular flexibility index (Phi) is 5.20. The highest BCUT2D eigenvalue weighted by Gasteiger charge is 2.27. The molecule has 0 radical (unpaired) electrons. The first-order chi connectivity index (χ1) is 17.0. The van der Waals surface area contributed by atoms with Crippen molar-refractivity contribution in [2.45, 2.75) is 45.7 Å². The molecule has 6 nitrogen and oxygen atoms in total. The van der Waals surface area contributed by atoms with E-state index in [0.717, 1.165) is 58.9 Å². The maximum absolute atomic E-state index is 13.9. The highest BCUT2D eigenvalue weighted by Crippen LogP contribution is 2.31. The predicted octanol–water partition coefficient (Wildman–Crippen LogP) is 5.29. The lowest BCUT2D eigenvalue weighted by Crippen LogP contribution is -2.25. The monoisotopic (exact) mass is 469 g/mol. The molecule has 0 saturated carbocycles.